The Bertz CT molecular complexity index is 487. The van der Waals surface area contributed by atoms with Crippen LogP contribution in [0.1, 0.15) is 18.4 Å². The minimum absolute atomic E-state index is 0.00475. The van der Waals surface area contributed by atoms with Crippen molar-refractivity contribution in [1.29, 1.82) is 5.26 Å². The Morgan fingerprint density at radius 1 is 1.42 bits per heavy atom. The van der Waals surface area contributed by atoms with Crippen LogP contribution in [0.2, 0.25) is 0 Å². The molecule has 0 N–H and O–H groups in total. The van der Waals surface area contributed by atoms with E-state index in [2.05, 4.69) is 4.90 Å². The molecule has 19 heavy (non-hydrogen) atoms. The molecule has 1 aliphatic heterocycles. The van der Waals surface area contributed by atoms with Gasteiger partial charge < -0.3 is 9.80 Å². The third-order valence-corrected chi connectivity index (χ3v) is 3.68. The molecule has 1 atom stereocenters. The highest BCUT2D eigenvalue weighted by Gasteiger charge is 2.24. The van der Waals surface area contributed by atoms with Crippen LogP contribution >= 0.6 is 0 Å². The first-order valence-corrected chi connectivity index (χ1v) is 6.33. The number of nitriles is 1. The Balaban J connectivity index is 2.19. The van der Waals surface area contributed by atoms with Crippen LogP contribution < -0.4 is 4.90 Å². The molecule has 1 saturated heterocycles. The van der Waals surface area contributed by atoms with Crippen molar-refractivity contribution in [3.05, 3.63) is 29.3 Å². The molecule has 1 aliphatic rings. The van der Waals surface area contributed by atoms with E-state index in [1.807, 2.05) is 7.05 Å². The predicted molar refractivity (Wildman–Crippen MR) is 70.0 cm³/mol. The Hall–Kier alpha value is -1.67. The summed E-state index contributed by atoms with van der Waals surface area (Å²) in [4.78, 5) is 3.80. The van der Waals surface area contributed by atoms with Crippen molar-refractivity contribution in [2.24, 2.45) is 0 Å². The fourth-order valence-corrected chi connectivity index (χ4v) is 2.61. The van der Waals surface area contributed by atoms with Crippen molar-refractivity contribution < 1.29 is 8.78 Å². The van der Waals surface area contributed by atoms with Gasteiger partial charge in [0.15, 0.2) is 11.6 Å². The van der Waals surface area contributed by atoms with E-state index in [-0.39, 0.29) is 11.3 Å². The Kier molecular flexibility index (Phi) is 4.01. The predicted octanol–water partition coefficient (Wildman–Crippen LogP) is 2.37. The van der Waals surface area contributed by atoms with Gasteiger partial charge in [0, 0.05) is 19.6 Å². The highest BCUT2D eigenvalue weighted by molar-refractivity contribution is 5.52. The minimum atomic E-state index is -0.681. The SMILES string of the molecule is CN(CC1CCCN1C)c1c(F)cc(C#N)cc1F. The van der Waals surface area contributed by atoms with Crippen LogP contribution in [-0.2, 0) is 0 Å². The summed E-state index contributed by atoms with van der Waals surface area (Å²) in [6.07, 6.45) is 2.16. The standard InChI is InChI=1S/C14H17F2N3/c1-18-5-3-4-11(18)9-19(2)14-12(15)6-10(8-17)7-13(14)16/h6-7,11H,3-5,9H2,1-2H3. The number of hydrogen-bond acceptors (Lipinski definition) is 3. The molecule has 0 bridgehead atoms. The number of halogens is 2. The molecule has 1 unspecified atom stereocenters. The number of hydrogen-bond donors (Lipinski definition) is 0. The molecule has 5 heteroatoms. The second-order valence-electron chi connectivity index (χ2n) is 5.06. The van der Waals surface area contributed by atoms with Gasteiger partial charge in [-0.1, -0.05) is 0 Å². The number of rotatable bonds is 3. The number of benzene rings is 1. The average Bonchev–Trinajstić information content (AvgIpc) is 2.74. The molecule has 3 nitrogen and oxygen atoms in total. The number of likely N-dealkylation sites (tertiary alicyclic amines) is 1. The summed E-state index contributed by atoms with van der Waals surface area (Å²) in [7, 11) is 3.71. The molecule has 1 heterocycles. The van der Waals surface area contributed by atoms with Crippen LogP contribution in [0.5, 0.6) is 0 Å². The molecule has 2 rings (SSSR count). The zero-order valence-electron chi connectivity index (χ0n) is 11.2. The van der Waals surface area contributed by atoms with Gasteiger partial charge in [-0.05, 0) is 38.6 Å². The molecule has 0 radical (unpaired) electrons. The van der Waals surface area contributed by atoms with Gasteiger partial charge in [-0.25, -0.2) is 8.78 Å². The van der Waals surface area contributed by atoms with Crippen LogP contribution in [0.15, 0.2) is 12.1 Å². The van der Waals surface area contributed by atoms with E-state index in [0.29, 0.717) is 12.6 Å². The molecule has 0 aliphatic carbocycles. The molecule has 0 aromatic heterocycles. The summed E-state index contributed by atoms with van der Waals surface area (Å²) >= 11 is 0. The topological polar surface area (TPSA) is 30.3 Å². The lowest BCUT2D eigenvalue weighted by molar-refractivity contribution is 0.313. The van der Waals surface area contributed by atoms with Crippen LogP contribution in [0, 0.1) is 23.0 Å². The van der Waals surface area contributed by atoms with Gasteiger partial charge >= 0.3 is 0 Å². The molecular formula is C14H17F2N3. The highest BCUT2D eigenvalue weighted by Crippen LogP contribution is 2.26. The van der Waals surface area contributed by atoms with Gasteiger partial charge in [-0.2, -0.15) is 5.26 Å². The lowest BCUT2D eigenvalue weighted by Crippen LogP contribution is -2.37. The molecule has 102 valence electrons. The molecule has 1 fully saturated rings. The summed E-state index contributed by atoms with van der Waals surface area (Å²) < 4.78 is 27.7. The number of nitrogens with zero attached hydrogens (tertiary/aromatic N) is 3. The van der Waals surface area contributed by atoms with E-state index in [0.717, 1.165) is 31.5 Å². The van der Waals surface area contributed by atoms with Crippen molar-refractivity contribution in [1.82, 2.24) is 4.90 Å². The fourth-order valence-electron chi connectivity index (χ4n) is 2.61. The summed E-state index contributed by atoms with van der Waals surface area (Å²) in [6, 6.07) is 4.22. The van der Waals surface area contributed by atoms with Crippen molar-refractivity contribution in [2.75, 3.05) is 32.1 Å². The number of anilines is 1. The third kappa shape index (κ3) is 2.85. The van der Waals surface area contributed by atoms with Crippen molar-refractivity contribution in [2.45, 2.75) is 18.9 Å². The van der Waals surface area contributed by atoms with E-state index in [1.165, 1.54) is 0 Å². The summed E-state index contributed by atoms with van der Waals surface area (Å²) in [6.45, 7) is 1.60. The maximum absolute atomic E-state index is 13.9. The molecule has 0 spiro atoms. The zero-order chi connectivity index (χ0) is 14.0. The second-order valence-corrected chi connectivity index (χ2v) is 5.06. The minimum Gasteiger partial charge on any atom is -0.368 e. The van der Waals surface area contributed by atoms with E-state index in [4.69, 9.17) is 5.26 Å². The lowest BCUT2D eigenvalue weighted by Gasteiger charge is -2.27. The van der Waals surface area contributed by atoms with Gasteiger partial charge in [0.25, 0.3) is 0 Å². The van der Waals surface area contributed by atoms with Gasteiger partial charge in [-0.15, -0.1) is 0 Å². The van der Waals surface area contributed by atoms with Gasteiger partial charge in [0.05, 0.1) is 11.6 Å². The van der Waals surface area contributed by atoms with Crippen molar-refractivity contribution >= 4 is 5.69 Å². The first-order valence-electron chi connectivity index (χ1n) is 6.33. The monoisotopic (exact) mass is 265 g/mol. The zero-order valence-corrected chi connectivity index (χ0v) is 11.2. The maximum Gasteiger partial charge on any atom is 0.150 e. The molecular weight excluding hydrogens is 248 g/mol. The Labute approximate surface area is 112 Å². The summed E-state index contributed by atoms with van der Waals surface area (Å²) in [5, 5.41) is 8.68. The van der Waals surface area contributed by atoms with E-state index in [9.17, 15) is 8.78 Å². The highest BCUT2D eigenvalue weighted by atomic mass is 19.1. The van der Waals surface area contributed by atoms with Gasteiger partial charge in [0.2, 0.25) is 0 Å². The van der Waals surface area contributed by atoms with Crippen molar-refractivity contribution in [3.63, 3.8) is 0 Å². The molecule has 1 aromatic carbocycles. The fraction of sp³-hybridized carbons (Fsp3) is 0.500. The van der Waals surface area contributed by atoms with Gasteiger partial charge in [0.1, 0.15) is 5.69 Å². The van der Waals surface area contributed by atoms with Gasteiger partial charge in [-0.3, -0.25) is 0 Å². The van der Waals surface area contributed by atoms with E-state index >= 15 is 0 Å². The molecule has 0 saturated carbocycles. The summed E-state index contributed by atoms with van der Waals surface area (Å²) in [5.41, 5.74) is -0.0514. The van der Waals surface area contributed by atoms with Crippen molar-refractivity contribution in [3.8, 4) is 6.07 Å². The summed E-state index contributed by atoms with van der Waals surface area (Å²) in [5.74, 6) is -1.36. The Morgan fingerprint density at radius 2 is 2.05 bits per heavy atom. The second kappa shape index (κ2) is 5.54. The maximum atomic E-state index is 13.9. The van der Waals surface area contributed by atoms with Crippen LogP contribution in [0.25, 0.3) is 0 Å². The first kappa shape index (κ1) is 13.8. The third-order valence-electron chi connectivity index (χ3n) is 3.68. The van der Waals surface area contributed by atoms with Crippen LogP contribution in [0.4, 0.5) is 14.5 Å². The first-order chi connectivity index (χ1) is 9.02. The van der Waals surface area contributed by atoms with E-state index in [1.54, 1.807) is 18.0 Å². The largest absolute Gasteiger partial charge is 0.368 e. The van der Waals surface area contributed by atoms with E-state index < -0.39 is 11.6 Å². The molecule has 1 aromatic rings. The molecule has 0 amide bonds. The Morgan fingerprint density at radius 3 is 2.53 bits per heavy atom. The average molecular weight is 265 g/mol. The van der Waals surface area contributed by atoms with Crippen LogP contribution in [0.3, 0.4) is 0 Å². The quantitative estimate of drug-likeness (QED) is 0.840. The smallest absolute Gasteiger partial charge is 0.150 e. The lowest BCUT2D eigenvalue weighted by atomic mass is 10.1. The number of likely N-dealkylation sites (N-methyl/N-ethyl adjacent to an activating group) is 2. The normalized spacial score (nSPS) is 19.4. The van der Waals surface area contributed by atoms with Crippen LogP contribution in [-0.4, -0.2) is 38.1 Å².